The molecule has 0 saturated carbocycles. The molecule has 0 bridgehead atoms. The van der Waals surface area contributed by atoms with E-state index in [0.29, 0.717) is 6.54 Å². The van der Waals surface area contributed by atoms with Crippen molar-refractivity contribution in [1.29, 1.82) is 0 Å². The maximum atomic E-state index is 6.40. The lowest BCUT2D eigenvalue weighted by Crippen LogP contribution is -2.19. The Morgan fingerprint density at radius 3 is 2.37 bits per heavy atom. The van der Waals surface area contributed by atoms with E-state index in [9.17, 15) is 0 Å². The number of nitrogens with zero attached hydrogens (tertiary/aromatic N) is 3. The van der Waals surface area contributed by atoms with Gasteiger partial charge in [-0.2, -0.15) is 5.10 Å². The molecule has 5 heteroatoms. The molecule has 0 aliphatic carbocycles. The zero-order valence-electron chi connectivity index (χ0n) is 12.0. The summed E-state index contributed by atoms with van der Waals surface area (Å²) < 4.78 is 4.05. The lowest BCUT2D eigenvalue weighted by molar-refractivity contribution is 0.609. The number of hydrogen-bond acceptors (Lipinski definition) is 2. The Morgan fingerprint density at radius 2 is 1.84 bits per heavy atom. The van der Waals surface area contributed by atoms with Crippen molar-refractivity contribution in [3.05, 3.63) is 39.9 Å². The highest BCUT2D eigenvalue weighted by atomic mass is 35.5. The van der Waals surface area contributed by atoms with E-state index in [0.717, 1.165) is 29.4 Å². The van der Waals surface area contributed by atoms with Crippen molar-refractivity contribution in [2.45, 2.75) is 47.2 Å². The van der Waals surface area contributed by atoms with Gasteiger partial charge in [0, 0.05) is 17.9 Å². The normalized spacial score (nSPS) is 11.0. The maximum absolute atomic E-state index is 6.40. The van der Waals surface area contributed by atoms with Crippen LogP contribution < -0.4 is 5.43 Å². The first-order chi connectivity index (χ1) is 9.08. The molecule has 19 heavy (non-hydrogen) atoms. The van der Waals surface area contributed by atoms with Crippen molar-refractivity contribution in [3.8, 4) is 0 Å². The maximum Gasteiger partial charge on any atom is 0.0868 e. The van der Waals surface area contributed by atoms with Gasteiger partial charge in [-0.1, -0.05) is 18.5 Å². The Morgan fingerprint density at radius 1 is 1.21 bits per heavy atom. The second-order valence-electron chi connectivity index (χ2n) is 4.66. The third kappa shape index (κ3) is 2.63. The number of nitrogens with one attached hydrogen (secondary N) is 1. The molecule has 2 rings (SSSR count). The number of rotatable bonds is 5. The van der Waals surface area contributed by atoms with Crippen molar-refractivity contribution < 1.29 is 0 Å². The SMILES string of the molecule is CCc1nn(CC)c(CNn2c(C)ccc2C)c1Cl. The fourth-order valence-electron chi connectivity index (χ4n) is 2.26. The molecule has 0 radical (unpaired) electrons. The molecule has 0 saturated heterocycles. The van der Waals surface area contributed by atoms with Crippen LogP contribution in [0.2, 0.25) is 5.02 Å². The van der Waals surface area contributed by atoms with Gasteiger partial charge in [0.2, 0.25) is 0 Å². The zero-order valence-corrected chi connectivity index (χ0v) is 12.8. The van der Waals surface area contributed by atoms with Gasteiger partial charge < -0.3 is 5.43 Å². The average Bonchev–Trinajstić information content (AvgIpc) is 2.88. The molecule has 2 aromatic heterocycles. The van der Waals surface area contributed by atoms with Crippen molar-refractivity contribution >= 4 is 11.6 Å². The zero-order chi connectivity index (χ0) is 14.0. The van der Waals surface area contributed by atoms with Gasteiger partial charge in [-0.15, -0.1) is 0 Å². The van der Waals surface area contributed by atoms with Crippen LogP contribution in [0.15, 0.2) is 12.1 Å². The van der Waals surface area contributed by atoms with Gasteiger partial charge in [0.25, 0.3) is 0 Å². The number of hydrogen-bond donors (Lipinski definition) is 1. The Kier molecular flexibility index (Phi) is 4.20. The molecule has 0 atom stereocenters. The van der Waals surface area contributed by atoms with Crippen LogP contribution in [0.5, 0.6) is 0 Å². The van der Waals surface area contributed by atoms with Gasteiger partial charge in [-0.25, -0.2) is 0 Å². The van der Waals surface area contributed by atoms with Crippen molar-refractivity contribution in [2.75, 3.05) is 5.43 Å². The second kappa shape index (κ2) is 5.70. The minimum atomic E-state index is 0.677. The van der Waals surface area contributed by atoms with Crippen LogP contribution in [0.3, 0.4) is 0 Å². The smallest absolute Gasteiger partial charge is 0.0868 e. The number of aryl methyl sites for hydroxylation is 4. The van der Waals surface area contributed by atoms with Crippen LogP contribution in [-0.4, -0.2) is 14.5 Å². The van der Waals surface area contributed by atoms with E-state index in [1.807, 2.05) is 4.68 Å². The summed E-state index contributed by atoms with van der Waals surface area (Å²) in [5.74, 6) is 0. The van der Waals surface area contributed by atoms with E-state index in [4.69, 9.17) is 11.6 Å². The molecule has 1 N–H and O–H groups in total. The molecule has 0 unspecified atom stereocenters. The third-order valence-corrected chi connectivity index (χ3v) is 3.81. The van der Waals surface area contributed by atoms with Crippen LogP contribution in [0.1, 0.15) is 36.6 Å². The van der Waals surface area contributed by atoms with Gasteiger partial charge in [0.05, 0.1) is 23.0 Å². The summed E-state index contributed by atoms with van der Waals surface area (Å²) in [6.45, 7) is 9.83. The summed E-state index contributed by atoms with van der Waals surface area (Å²) in [6, 6.07) is 4.19. The van der Waals surface area contributed by atoms with Crippen LogP contribution in [0, 0.1) is 13.8 Å². The first kappa shape index (κ1) is 14.0. The highest BCUT2D eigenvalue weighted by Gasteiger charge is 2.14. The summed E-state index contributed by atoms with van der Waals surface area (Å²) >= 11 is 6.40. The molecule has 2 heterocycles. The van der Waals surface area contributed by atoms with Crippen LogP contribution in [-0.2, 0) is 19.5 Å². The Bertz CT molecular complexity index is 549. The highest BCUT2D eigenvalue weighted by Crippen LogP contribution is 2.21. The Balaban J connectivity index is 2.22. The molecule has 0 aromatic carbocycles. The highest BCUT2D eigenvalue weighted by molar-refractivity contribution is 6.31. The van der Waals surface area contributed by atoms with Crippen LogP contribution in [0.4, 0.5) is 0 Å². The fraction of sp³-hybridized carbons (Fsp3) is 0.500. The van der Waals surface area contributed by atoms with E-state index >= 15 is 0 Å². The fourth-order valence-corrected chi connectivity index (χ4v) is 2.59. The average molecular weight is 281 g/mol. The van der Waals surface area contributed by atoms with Crippen molar-refractivity contribution in [1.82, 2.24) is 14.5 Å². The Hall–Kier alpha value is -1.42. The molecule has 0 spiro atoms. The monoisotopic (exact) mass is 280 g/mol. The van der Waals surface area contributed by atoms with Gasteiger partial charge in [-0.05, 0) is 39.3 Å². The molecule has 0 fully saturated rings. The van der Waals surface area contributed by atoms with Crippen molar-refractivity contribution in [3.63, 3.8) is 0 Å². The van der Waals surface area contributed by atoms with E-state index in [2.05, 4.69) is 55.0 Å². The van der Waals surface area contributed by atoms with Gasteiger partial charge in [-0.3, -0.25) is 9.36 Å². The summed E-state index contributed by atoms with van der Waals surface area (Å²) in [4.78, 5) is 0. The number of halogens is 1. The molecule has 0 amide bonds. The number of aromatic nitrogens is 3. The third-order valence-electron chi connectivity index (χ3n) is 3.37. The summed E-state index contributed by atoms with van der Waals surface area (Å²) in [5, 5.41) is 5.32. The predicted octanol–water partition coefficient (Wildman–Crippen LogP) is 3.28. The van der Waals surface area contributed by atoms with Crippen molar-refractivity contribution in [2.24, 2.45) is 0 Å². The lowest BCUT2D eigenvalue weighted by Gasteiger charge is -2.13. The van der Waals surface area contributed by atoms with Crippen LogP contribution >= 0.6 is 11.6 Å². The lowest BCUT2D eigenvalue weighted by atomic mass is 10.3. The molecule has 104 valence electrons. The van der Waals surface area contributed by atoms with E-state index < -0.39 is 0 Å². The molecule has 0 aliphatic rings. The van der Waals surface area contributed by atoms with Gasteiger partial charge in [0.1, 0.15) is 0 Å². The van der Waals surface area contributed by atoms with Gasteiger partial charge >= 0.3 is 0 Å². The van der Waals surface area contributed by atoms with Gasteiger partial charge in [0.15, 0.2) is 0 Å². The molecule has 0 aliphatic heterocycles. The Labute approximate surface area is 119 Å². The topological polar surface area (TPSA) is 34.8 Å². The summed E-state index contributed by atoms with van der Waals surface area (Å²) in [5.41, 5.74) is 7.80. The molecular formula is C14H21ClN4. The standard InChI is InChI=1S/C14H21ClN4/c1-5-12-14(15)13(18(6-2)17-12)9-16-19-10(3)7-8-11(19)4/h7-8,16H,5-6,9H2,1-4H3. The molecule has 4 nitrogen and oxygen atoms in total. The first-order valence-corrected chi connectivity index (χ1v) is 7.09. The second-order valence-corrected chi connectivity index (χ2v) is 5.04. The minimum Gasteiger partial charge on any atom is -0.320 e. The molecule has 2 aromatic rings. The minimum absolute atomic E-state index is 0.677. The summed E-state index contributed by atoms with van der Waals surface area (Å²) in [7, 11) is 0. The van der Waals surface area contributed by atoms with E-state index in [1.165, 1.54) is 11.4 Å². The first-order valence-electron chi connectivity index (χ1n) is 6.71. The van der Waals surface area contributed by atoms with E-state index in [-0.39, 0.29) is 0 Å². The quantitative estimate of drug-likeness (QED) is 0.912. The molecular weight excluding hydrogens is 260 g/mol. The predicted molar refractivity (Wildman–Crippen MR) is 79.3 cm³/mol. The van der Waals surface area contributed by atoms with Crippen LogP contribution in [0.25, 0.3) is 0 Å². The summed E-state index contributed by atoms with van der Waals surface area (Å²) in [6.07, 6.45) is 0.862. The van der Waals surface area contributed by atoms with E-state index in [1.54, 1.807) is 0 Å². The largest absolute Gasteiger partial charge is 0.320 e.